The molecule has 0 spiro atoms. The summed E-state index contributed by atoms with van der Waals surface area (Å²) >= 11 is 5.06. The largest absolute Gasteiger partial charge is 0.342 e. The SMILES string of the molecule is CC(N)C1CCCN(C(=O)Cc2ccc(Br)s2)C1. The van der Waals surface area contributed by atoms with Crippen LogP contribution in [0.2, 0.25) is 0 Å². The molecule has 5 heteroatoms. The molecule has 100 valence electrons. The Morgan fingerprint density at radius 3 is 3.06 bits per heavy atom. The number of carbonyl (C=O) groups is 1. The first-order valence-corrected chi connectivity index (χ1v) is 7.95. The molecule has 1 amide bonds. The topological polar surface area (TPSA) is 46.3 Å². The average molecular weight is 331 g/mol. The summed E-state index contributed by atoms with van der Waals surface area (Å²) in [7, 11) is 0. The van der Waals surface area contributed by atoms with Crippen LogP contribution in [0.4, 0.5) is 0 Å². The molecular formula is C13H19BrN2OS. The van der Waals surface area contributed by atoms with Crippen molar-refractivity contribution in [2.45, 2.75) is 32.2 Å². The highest BCUT2D eigenvalue weighted by atomic mass is 79.9. The predicted molar refractivity (Wildman–Crippen MR) is 78.7 cm³/mol. The van der Waals surface area contributed by atoms with Gasteiger partial charge in [0.15, 0.2) is 0 Å². The summed E-state index contributed by atoms with van der Waals surface area (Å²) in [6.07, 6.45) is 2.74. The van der Waals surface area contributed by atoms with Gasteiger partial charge < -0.3 is 10.6 Å². The van der Waals surface area contributed by atoms with Gasteiger partial charge >= 0.3 is 0 Å². The van der Waals surface area contributed by atoms with Gasteiger partial charge in [0.05, 0.1) is 10.2 Å². The van der Waals surface area contributed by atoms with E-state index in [1.54, 1.807) is 11.3 Å². The maximum absolute atomic E-state index is 12.2. The number of amides is 1. The maximum Gasteiger partial charge on any atom is 0.227 e. The lowest BCUT2D eigenvalue weighted by Gasteiger charge is -2.34. The van der Waals surface area contributed by atoms with Crippen LogP contribution in [0.5, 0.6) is 0 Å². The van der Waals surface area contributed by atoms with Crippen molar-refractivity contribution in [3.63, 3.8) is 0 Å². The number of nitrogens with zero attached hydrogens (tertiary/aromatic N) is 1. The second kappa shape index (κ2) is 6.17. The van der Waals surface area contributed by atoms with Gasteiger partial charge in [-0.15, -0.1) is 11.3 Å². The summed E-state index contributed by atoms with van der Waals surface area (Å²) in [6, 6.07) is 4.19. The highest BCUT2D eigenvalue weighted by molar-refractivity contribution is 9.11. The molecule has 2 unspecified atom stereocenters. The van der Waals surface area contributed by atoms with Crippen molar-refractivity contribution in [1.29, 1.82) is 0 Å². The number of hydrogen-bond acceptors (Lipinski definition) is 3. The van der Waals surface area contributed by atoms with Gasteiger partial charge in [0.1, 0.15) is 0 Å². The van der Waals surface area contributed by atoms with E-state index in [1.165, 1.54) is 0 Å². The molecule has 0 bridgehead atoms. The molecule has 2 rings (SSSR count). The van der Waals surface area contributed by atoms with Crippen molar-refractivity contribution >= 4 is 33.2 Å². The zero-order chi connectivity index (χ0) is 13.1. The molecule has 18 heavy (non-hydrogen) atoms. The molecule has 0 aliphatic carbocycles. The van der Waals surface area contributed by atoms with Gasteiger partial charge in [-0.05, 0) is 53.7 Å². The fraction of sp³-hybridized carbons (Fsp3) is 0.615. The van der Waals surface area contributed by atoms with Crippen LogP contribution in [0.1, 0.15) is 24.6 Å². The number of rotatable bonds is 3. The second-order valence-electron chi connectivity index (χ2n) is 4.98. The lowest BCUT2D eigenvalue weighted by Crippen LogP contribution is -2.45. The van der Waals surface area contributed by atoms with Gasteiger partial charge in [0.25, 0.3) is 0 Å². The minimum Gasteiger partial charge on any atom is -0.342 e. The van der Waals surface area contributed by atoms with E-state index in [4.69, 9.17) is 5.73 Å². The van der Waals surface area contributed by atoms with Crippen LogP contribution in [0.15, 0.2) is 15.9 Å². The molecule has 1 aromatic heterocycles. The molecular weight excluding hydrogens is 312 g/mol. The summed E-state index contributed by atoms with van der Waals surface area (Å²) in [4.78, 5) is 15.3. The molecule has 0 radical (unpaired) electrons. The van der Waals surface area contributed by atoms with E-state index in [-0.39, 0.29) is 11.9 Å². The zero-order valence-corrected chi connectivity index (χ0v) is 13.0. The monoisotopic (exact) mass is 330 g/mol. The van der Waals surface area contributed by atoms with Crippen LogP contribution < -0.4 is 5.73 Å². The molecule has 2 N–H and O–H groups in total. The Hall–Kier alpha value is -0.390. The fourth-order valence-electron chi connectivity index (χ4n) is 2.37. The van der Waals surface area contributed by atoms with Crippen LogP contribution in [0.25, 0.3) is 0 Å². The van der Waals surface area contributed by atoms with Crippen molar-refractivity contribution in [1.82, 2.24) is 4.90 Å². The quantitative estimate of drug-likeness (QED) is 0.926. The number of nitrogens with two attached hydrogens (primary N) is 1. The van der Waals surface area contributed by atoms with Crippen LogP contribution in [0.3, 0.4) is 0 Å². The molecule has 2 atom stereocenters. The molecule has 1 aliphatic rings. The molecule has 1 aliphatic heterocycles. The number of halogens is 1. The smallest absolute Gasteiger partial charge is 0.227 e. The highest BCUT2D eigenvalue weighted by Crippen LogP contribution is 2.24. The Kier molecular flexibility index (Phi) is 4.81. The van der Waals surface area contributed by atoms with E-state index >= 15 is 0 Å². The van der Waals surface area contributed by atoms with Crippen molar-refractivity contribution in [2.24, 2.45) is 11.7 Å². The molecule has 0 aromatic carbocycles. The number of thiophene rings is 1. The molecule has 3 nitrogen and oxygen atoms in total. The first-order valence-electron chi connectivity index (χ1n) is 6.34. The lowest BCUT2D eigenvalue weighted by molar-refractivity contribution is -0.132. The van der Waals surface area contributed by atoms with Gasteiger partial charge in [-0.3, -0.25) is 4.79 Å². The van der Waals surface area contributed by atoms with Gasteiger partial charge in [0, 0.05) is 24.0 Å². The zero-order valence-electron chi connectivity index (χ0n) is 10.6. The lowest BCUT2D eigenvalue weighted by atomic mass is 9.92. The molecule has 0 saturated carbocycles. The van der Waals surface area contributed by atoms with E-state index in [2.05, 4.69) is 15.9 Å². The van der Waals surface area contributed by atoms with Crippen LogP contribution in [-0.4, -0.2) is 29.9 Å². The minimum atomic E-state index is 0.177. The summed E-state index contributed by atoms with van der Waals surface area (Å²) in [5.74, 6) is 0.687. The normalized spacial score (nSPS) is 21.9. The molecule has 1 aromatic rings. The molecule has 1 saturated heterocycles. The van der Waals surface area contributed by atoms with Crippen molar-refractivity contribution in [3.05, 3.63) is 20.8 Å². The Bertz CT molecular complexity index is 419. The standard InChI is InChI=1S/C13H19BrN2OS/c1-9(15)10-3-2-6-16(8-10)13(17)7-11-4-5-12(14)18-11/h4-5,9-10H,2-3,6-8,15H2,1H3. The fourth-order valence-corrected chi connectivity index (χ4v) is 3.85. The van der Waals surface area contributed by atoms with E-state index in [9.17, 15) is 4.79 Å². The third kappa shape index (κ3) is 3.56. The number of likely N-dealkylation sites (tertiary alicyclic amines) is 1. The summed E-state index contributed by atoms with van der Waals surface area (Å²) < 4.78 is 1.08. The summed E-state index contributed by atoms with van der Waals surface area (Å²) in [5.41, 5.74) is 5.94. The van der Waals surface area contributed by atoms with E-state index < -0.39 is 0 Å². The summed E-state index contributed by atoms with van der Waals surface area (Å²) in [5, 5.41) is 0. The van der Waals surface area contributed by atoms with Crippen LogP contribution in [-0.2, 0) is 11.2 Å². The van der Waals surface area contributed by atoms with Crippen LogP contribution >= 0.6 is 27.3 Å². The third-order valence-corrected chi connectivity index (χ3v) is 5.13. The van der Waals surface area contributed by atoms with Crippen LogP contribution in [0, 0.1) is 5.92 Å². The minimum absolute atomic E-state index is 0.177. The predicted octanol–water partition coefficient (Wildman–Crippen LogP) is 2.64. The first kappa shape index (κ1) is 14.0. The molecule has 1 fully saturated rings. The Morgan fingerprint density at radius 2 is 2.44 bits per heavy atom. The van der Waals surface area contributed by atoms with Gasteiger partial charge in [-0.1, -0.05) is 0 Å². The van der Waals surface area contributed by atoms with Gasteiger partial charge in [-0.2, -0.15) is 0 Å². The Morgan fingerprint density at radius 1 is 1.67 bits per heavy atom. The maximum atomic E-state index is 12.2. The molecule has 2 heterocycles. The third-order valence-electron chi connectivity index (χ3n) is 3.51. The highest BCUT2D eigenvalue weighted by Gasteiger charge is 2.25. The average Bonchev–Trinajstić information content (AvgIpc) is 2.75. The second-order valence-corrected chi connectivity index (χ2v) is 7.53. The van der Waals surface area contributed by atoms with Gasteiger partial charge in [0.2, 0.25) is 5.91 Å². The number of carbonyl (C=O) groups excluding carboxylic acids is 1. The summed E-state index contributed by atoms with van der Waals surface area (Å²) in [6.45, 7) is 3.74. The Balaban J connectivity index is 1.92. The Labute approximate surface area is 120 Å². The number of hydrogen-bond donors (Lipinski definition) is 1. The van der Waals surface area contributed by atoms with E-state index in [0.29, 0.717) is 12.3 Å². The van der Waals surface area contributed by atoms with Crippen molar-refractivity contribution in [3.8, 4) is 0 Å². The van der Waals surface area contributed by atoms with Gasteiger partial charge in [-0.25, -0.2) is 0 Å². The first-order chi connectivity index (χ1) is 8.56. The van der Waals surface area contributed by atoms with Crippen molar-refractivity contribution < 1.29 is 4.79 Å². The number of piperidine rings is 1. The van der Waals surface area contributed by atoms with E-state index in [0.717, 1.165) is 34.6 Å². The van der Waals surface area contributed by atoms with Crippen molar-refractivity contribution in [2.75, 3.05) is 13.1 Å². The van der Waals surface area contributed by atoms with E-state index in [1.807, 2.05) is 24.0 Å².